The molecule has 1 saturated carbocycles. The van der Waals surface area contributed by atoms with Gasteiger partial charge >= 0.3 is 12.4 Å². The maximum Gasteiger partial charge on any atom is 0.417 e. The number of ketones is 1. The van der Waals surface area contributed by atoms with E-state index in [-0.39, 0.29) is 18.5 Å². The van der Waals surface area contributed by atoms with Crippen LogP contribution >= 0.6 is 0 Å². The lowest BCUT2D eigenvalue weighted by molar-refractivity contribution is -0.197. The van der Waals surface area contributed by atoms with E-state index in [0.717, 1.165) is 6.07 Å². The first-order valence-corrected chi connectivity index (χ1v) is 7.59. The Kier molecular flexibility index (Phi) is 5.40. The van der Waals surface area contributed by atoms with Crippen molar-refractivity contribution in [3.05, 3.63) is 29.6 Å². The third-order valence-corrected chi connectivity index (χ3v) is 4.37. The van der Waals surface area contributed by atoms with Crippen LogP contribution in [0.5, 0.6) is 0 Å². The van der Waals surface area contributed by atoms with Gasteiger partial charge in [0.05, 0.1) is 23.2 Å². The van der Waals surface area contributed by atoms with Gasteiger partial charge in [-0.05, 0) is 25.0 Å². The van der Waals surface area contributed by atoms with E-state index >= 15 is 0 Å². The number of aromatic nitrogens is 1. The van der Waals surface area contributed by atoms with Crippen LogP contribution in [0.1, 0.15) is 42.9 Å². The van der Waals surface area contributed by atoms with Crippen LogP contribution in [0.15, 0.2) is 18.3 Å². The summed E-state index contributed by atoms with van der Waals surface area (Å²) < 4.78 is 77.0. The summed E-state index contributed by atoms with van der Waals surface area (Å²) in [6, 6.07) is 3.10. The first-order chi connectivity index (χ1) is 11.6. The molecule has 136 valence electrons. The van der Waals surface area contributed by atoms with Crippen LogP contribution in [-0.2, 0) is 11.0 Å². The minimum Gasteiger partial charge on any atom is -0.297 e. The van der Waals surface area contributed by atoms with E-state index in [1.165, 1.54) is 0 Å². The number of halogens is 6. The fourth-order valence-electron chi connectivity index (χ4n) is 3.10. The van der Waals surface area contributed by atoms with Crippen LogP contribution in [-0.4, -0.2) is 16.9 Å². The van der Waals surface area contributed by atoms with Gasteiger partial charge < -0.3 is 0 Å². The second-order valence-corrected chi connectivity index (χ2v) is 5.97. The molecule has 25 heavy (non-hydrogen) atoms. The SMILES string of the molecule is N#CC(C(=O)C1CCCCC1C(F)(F)F)c1ccc(C(F)(F)F)cn1. The van der Waals surface area contributed by atoms with Gasteiger partial charge in [0.25, 0.3) is 0 Å². The lowest BCUT2D eigenvalue weighted by Gasteiger charge is -2.32. The van der Waals surface area contributed by atoms with E-state index in [0.29, 0.717) is 25.1 Å². The number of pyridine rings is 1. The molecule has 3 nitrogen and oxygen atoms in total. The van der Waals surface area contributed by atoms with E-state index in [4.69, 9.17) is 0 Å². The Morgan fingerprint density at radius 2 is 1.80 bits per heavy atom. The summed E-state index contributed by atoms with van der Waals surface area (Å²) in [5, 5.41) is 9.18. The first kappa shape index (κ1) is 19.2. The lowest BCUT2D eigenvalue weighted by atomic mass is 9.73. The van der Waals surface area contributed by atoms with Crippen LogP contribution in [0.2, 0.25) is 0 Å². The molecule has 1 fully saturated rings. The van der Waals surface area contributed by atoms with Crippen molar-refractivity contribution >= 4 is 5.78 Å². The summed E-state index contributed by atoms with van der Waals surface area (Å²) in [5.41, 5.74) is -1.33. The van der Waals surface area contributed by atoms with Gasteiger partial charge in [-0.15, -0.1) is 0 Å². The second-order valence-electron chi connectivity index (χ2n) is 5.97. The fourth-order valence-corrected chi connectivity index (χ4v) is 3.10. The van der Waals surface area contributed by atoms with Gasteiger partial charge in [0.2, 0.25) is 0 Å². The van der Waals surface area contributed by atoms with Crippen LogP contribution in [0.25, 0.3) is 0 Å². The minimum atomic E-state index is -4.64. The third-order valence-electron chi connectivity index (χ3n) is 4.37. The van der Waals surface area contributed by atoms with Gasteiger partial charge in [-0.3, -0.25) is 9.78 Å². The van der Waals surface area contributed by atoms with E-state index in [2.05, 4.69) is 4.98 Å². The van der Waals surface area contributed by atoms with Gasteiger partial charge in [-0.2, -0.15) is 31.6 Å². The lowest BCUT2D eigenvalue weighted by Crippen LogP contribution is -2.39. The number of nitrogens with zero attached hydrogens (tertiary/aromatic N) is 2. The van der Waals surface area contributed by atoms with E-state index in [9.17, 15) is 36.4 Å². The maximum atomic E-state index is 13.1. The largest absolute Gasteiger partial charge is 0.417 e. The van der Waals surface area contributed by atoms with Crippen molar-refractivity contribution in [1.82, 2.24) is 4.98 Å². The molecule has 0 aliphatic heterocycles. The van der Waals surface area contributed by atoms with Crippen molar-refractivity contribution in [1.29, 1.82) is 5.26 Å². The Hall–Kier alpha value is -2.11. The molecule has 1 aromatic rings. The molecule has 3 unspecified atom stereocenters. The number of Topliss-reactive ketones (excluding diaryl/α,β-unsaturated/α-hetero) is 1. The van der Waals surface area contributed by atoms with Gasteiger partial charge in [0.1, 0.15) is 5.92 Å². The number of alkyl halides is 6. The van der Waals surface area contributed by atoms with Gasteiger partial charge in [-0.25, -0.2) is 0 Å². The molecular weight excluding hydrogens is 350 g/mol. The summed E-state index contributed by atoms with van der Waals surface area (Å²) in [6.45, 7) is 0. The molecule has 1 aromatic heterocycles. The molecule has 1 heterocycles. The number of hydrogen-bond donors (Lipinski definition) is 0. The highest BCUT2D eigenvalue weighted by Gasteiger charge is 2.49. The summed E-state index contributed by atoms with van der Waals surface area (Å²) in [5.74, 6) is -5.76. The smallest absolute Gasteiger partial charge is 0.297 e. The maximum absolute atomic E-state index is 13.1. The highest BCUT2D eigenvalue weighted by atomic mass is 19.4. The van der Waals surface area contributed by atoms with Crippen LogP contribution in [0, 0.1) is 23.2 Å². The summed E-state index contributed by atoms with van der Waals surface area (Å²) in [6.07, 6.45) is -8.16. The Balaban J connectivity index is 2.27. The second kappa shape index (κ2) is 7.02. The average molecular weight is 364 g/mol. The van der Waals surface area contributed by atoms with E-state index < -0.39 is 41.5 Å². The number of hydrogen-bond acceptors (Lipinski definition) is 3. The summed E-state index contributed by atoms with van der Waals surface area (Å²) in [4.78, 5) is 16.0. The molecule has 0 saturated heterocycles. The van der Waals surface area contributed by atoms with E-state index in [1.807, 2.05) is 0 Å². The quantitative estimate of drug-likeness (QED) is 0.734. The predicted molar refractivity (Wildman–Crippen MR) is 74.1 cm³/mol. The first-order valence-electron chi connectivity index (χ1n) is 7.59. The van der Waals surface area contributed by atoms with Gasteiger partial charge in [0, 0.05) is 12.1 Å². The number of carbonyl (C=O) groups excluding carboxylic acids is 1. The zero-order chi connectivity index (χ0) is 18.8. The van der Waals surface area contributed by atoms with Gasteiger partial charge in [-0.1, -0.05) is 12.8 Å². The highest BCUT2D eigenvalue weighted by molar-refractivity contribution is 5.90. The molecule has 0 amide bonds. The molecule has 3 atom stereocenters. The molecule has 0 bridgehead atoms. The molecule has 1 aliphatic rings. The predicted octanol–water partition coefficient (Wildman–Crippen LogP) is 4.65. The highest BCUT2D eigenvalue weighted by Crippen LogP contribution is 2.43. The fraction of sp³-hybridized carbons (Fsp3) is 0.562. The topological polar surface area (TPSA) is 53.8 Å². The van der Waals surface area contributed by atoms with Gasteiger partial charge in [0.15, 0.2) is 5.78 Å². The summed E-state index contributed by atoms with van der Waals surface area (Å²) in [7, 11) is 0. The number of carbonyl (C=O) groups is 1. The normalized spacial score (nSPS) is 22.9. The molecule has 2 rings (SSSR count). The monoisotopic (exact) mass is 364 g/mol. The molecule has 0 aromatic carbocycles. The van der Waals surface area contributed by atoms with Crippen molar-refractivity contribution in [2.75, 3.05) is 0 Å². The number of rotatable bonds is 3. The molecular formula is C16H14F6N2O. The Morgan fingerprint density at radius 1 is 1.16 bits per heavy atom. The van der Waals surface area contributed by atoms with Crippen molar-refractivity contribution in [3.8, 4) is 6.07 Å². The summed E-state index contributed by atoms with van der Waals surface area (Å²) >= 11 is 0. The Bertz CT molecular complexity index is 659. The molecule has 0 spiro atoms. The third kappa shape index (κ3) is 4.30. The van der Waals surface area contributed by atoms with Crippen LogP contribution in [0.4, 0.5) is 26.3 Å². The van der Waals surface area contributed by atoms with Crippen molar-refractivity contribution < 1.29 is 31.1 Å². The number of nitriles is 1. The van der Waals surface area contributed by atoms with Crippen molar-refractivity contribution in [3.63, 3.8) is 0 Å². The van der Waals surface area contributed by atoms with Crippen molar-refractivity contribution in [2.24, 2.45) is 11.8 Å². The molecule has 0 radical (unpaired) electrons. The van der Waals surface area contributed by atoms with Crippen LogP contribution in [0.3, 0.4) is 0 Å². The Morgan fingerprint density at radius 3 is 2.28 bits per heavy atom. The molecule has 0 N–H and O–H groups in total. The minimum absolute atomic E-state index is 0.00181. The zero-order valence-electron chi connectivity index (χ0n) is 12.9. The standard InChI is InChI=1S/C16H14F6N2O/c17-15(18,19)9-5-6-13(24-8-9)11(7-23)14(25)10-3-1-2-4-12(10)16(20,21)22/h5-6,8,10-12H,1-4H2. The Labute approximate surface area is 139 Å². The molecule has 9 heteroatoms. The molecule has 1 aliphatic carbocycles. The zero-order valence-corrected chi connectivity index (χ0v) is 12.9. The average Bonchev–Trinajstić information content (AvgIpc) is 2.54. The van der Waals surface area contributed by atoms with Crippen LogP contribution < -0.4 is 0 Å². The van der Waals surface area contributed by atoms with E-state index in [1.54, 1.807) is 6.07 Å². The van der Waals surface area contributed by atoms with Crippen molar-refractivity contribution in [2.45, 2.75) is 44.0 Å².